The summed E-state index contributed by atoms with van der Waals surface area (Å²) >= 11 is 0. The van der Waals surface area contributed by atoms with Crippen molar-refractivity contribution in [3.8, 4) is 6.07 Å². The molecule has 0 N–H and O–H groups in total. The molecule has 0 aliphatic carbocycles. The van der Waals surface area contributed by atoms with E-state index in [1.807, 2.05) is 0 Å². The molecule has 0 saturated heterocycles. The molecule has 8 heteroatoms. The Morgan fingerprint density at radius 1 is 1.50 bits per heavy atom. The molecule has 0 saturated carbocycles. The fraction of sp³-hybridized carbons (Fsp3) is 0.250. The van der Waals surface area contributed by atoms with E-state index < -0.39 is 22.6 Å². The lowest BCUT2D eigenvalue weighted by Gasteiger charge is -2.02. The quantitative estimate of drug-likeness (QED) is 0.215. The van der Waals surface area contributed by atoms with E-state index in [4.69, 9.17) is 5.26 Å². The van der Waals surface area contributed by atoms with E-state index in [1.54, 1.807) is 0 Å². The molecule has 0 rings (SSSR count). The van der Waals surface area contributed by atoms with Crippen LogP contribution >= 0.6 is 0 Å². The van der Waals surface area contributed by atoms with Crippen molar-refractivity contribution in [2.24, 2.45) is 0 Å². The van der Waals surface area contributed by atoms with Crippen molar-refractivity contribution < 1.29 is 22.5 Å². The van der Waals surface area contributed by atoms with Gasteiger partial charge in [-0.2, -0.15) is 14.0 Å². The number of halogens is 4. The summed E-state index contributed by atoms with van der Waals surface area (Å²) in [6.45, 7) is 0. The van der Waals surface area contributed by atoms with Crippen LogP contribution in [0.15, 0.2) is 11.7 Å². The SMILES string of the molecule is N#C/C(F)=C(\F)C(F)(F)[N+](=O)[O-]. The molecule has 0 aromatic heterocycles. The van der Waals surface area contributed by atoms with Gasteiger partial charge in [-0.15, -0.1) is 8.78 Å². The Morgan fingerprint density at radius 3 is 2.17 bits per heavy atom. The largest absolute Gasteiger partial charge is 0.570 e. The molecule has 0 radical (unpaired) electrons. The van der Waals surface area contributed by atoms with Crippen LogP contribution in [0, 0.1) is 21.4 Å². The highest BCUT2D eigenvalue weighted by molar-refractivity contribution is 5.19. The smallest absolute Gasteiger partial charge is 0.259 e. The molecule has 0 aliphatic rings. The van der Waals surface area contributed by atoms with Gasteiger partial charge in [0.05, 0.1) is 0 Å². The topological polar surface area (TPSA) is 66.9 Å². The number of rotatable bonds is 2. The molecule has 0 fully saturated rings. The number of hydrogen-bond acceptors (Lipinski definition) is 3. The van der Waals surface area contributed by atoms with E-state index in [2.05, 4.69) is 0 Å². The highest BCUT2D eigenvalue weighted by Crippen LogP contribution is 2.28. The minimum absolute atomic E-state index is 0.379. The lowest BCUT2D eigenvalue weighted by Crippen LogP contribution is -2.28. The van der Waals surface area contributed by atoms with Gasteiger partial charge < -0.3 is 0 Å². The Hall–Kier alpha value is -1.65. The Labute approximate surface area is 62.9 Å². The van der Waals surface area contributed by atoms with Crippen LogP contribution in [0.2, 0.25) is 0 Å². The molecule has 66 valence electrons. The summed E-state index contributed by atoms with van der Waals surface area (Å²) in [5.41, 5.74) is 0. The zero-order valence-electron chi connectivity index (χ0n) is 5.22. The van der Waals surface area contributed by atoms with Crippen LogP contribution in [0.4, 0.5) is 17.6 Å². The summed E-state index contributed by atoms with van der Waals surface area (Å²) in [6, 6.07) is -4.80. The second kappa shape index (κ2) is 3.17. The maximum atomic E-state index is 11.9. The van der Waals surface area contributed by atoms with Crippen molar-refractivity contribution in [3.05, 3.63) is 21.8 Å². The van der Waals surface area contributed by atoms with Crippen molar-refractivity contribution in [3.63, 3.8) is 0 Å². The predicted molar refractivity (Wildman–Crippen MR) is 26.8 cm³/mol. The molecule has 4 nitrogen and oxygen atoms in total. The van der Waals surface area contributed by atoms with Crippen LogP contribution in [-0.4, -0.2) is 11.0 Å². The minimum Gasteiger partial charge on any atom is -0.259 e. The maximum Gasteiger partial charge on any atom is 0.570 e. The average Bonchev–Trinajstić information content (AvgIpc) is 2.01. The average molecular weight is 184 g/mol. The van der Waals surface area contributed by atoms with Crippen molar-refractivity contribution in [2.75, 3.05) is 0 Å². The molecule has 0 amide bonds. The van der Waals surface area contributed by atoms with E-state index >= 15 is 0 Å². The molecular weight excluding hydrogens is 184 g/mol. The zero-order valence-corrected chi connectivity index (χ0v) is 5.22. The van der Waals surface area contributed by atoms with Gasteiger partial charge in [-0.25, -0.2) is 0 Å². The summed E-state index contributed by atoms with van der Waals surface area (Å²) in [5, 5.41) is 17.0. The zero-order chi connectivity index (χ0) is 9.94. The van der Waals surface area contributed by atoms with Crippen LogP contribution in [0.3, 0.4) is 0 Å². The van der Waals surface area contributed by atoms with E-state index in [9.17, 15) is 27.7 Å². The number of alkyl halides is 2. The third kappa shape index (κ3) is 1.69. The molecule has 0 aromatic rings. The third-order valence-corrected chi connectivity index (χ3v) is 0.784. The first-order valence-corrected chi connectivity index (χ1v) is 2.32. The fourth-order valence-electron chi connectivity index (χ4n) is 0.261. The fourth-order valence-corrected chi connectivity index (χ4v) is 0.261. The minimum atomic E-state index is -5.18. The van der Waals surface area contributed by atoms with Gasteiger partial charge in [-0.1, -0.05) is 0 Å². The number of allylic oxidation sites excluding steroid dienone is 1. The Kier molecular flexibility index (Phi) is 2.73. The lowest BCUT2D eigenvalue weighted by molar-refractivity contribution is -0.633. The van der Waals surface area contributed by atoms with E-state index in [1.165, 1.54) is 0 Å². The van der Waals surface area contributed by atoms with Gasteiger partial charge in [0, 0.05) is 0 Å². The summed E-state index contributed by atoms with van der Waals surface area (Å²) in [5.74, 6) is -5.49. The molecule has 0 atom stereocenters. The third-order valence-electron chi connectivity index (χ3n) is 0.784. The van der Waals surface area contributed by atoms with Gasteiger partial charge in [0.1, 0.15) is 11.0 Å². The number of nitro groups is 1. The van der Waals surface area contributed by atoms with E-state index in [0.29, 0.717) is 6.07 Å². The first-order chi connectivity index (χ1) is 5.34. The maximum absolute atomic E-state index is 11.9. The van der Waals surface area contributed by atoms with Gasteiger partial charge in [0.15, 0.2) is 0 Å². The second-order valence-corrected chi connectivity index (χ2v) is 1.54. The normalized spacial score (nSPS) is 13.2. The van der Waals surface area contributed by atoms with Crippen LogP contribution in [-0.2, 0) is 0 Å². The number of hydrogen-bond donors (Lipinski definition) is 0. The van der Waals surface area contributed by atoms with Gasteiger partial charge in [-0.3, -0.25) is 10.1 Å². The monoisotopic (exact) mass is 184 g/mol. The molecule has 0 aliphatic heterocycles. The highest BCUT2D eigenvalue weighted by Gasteiger charge is 2.52. The number of nitriles is 1. The summed E-state index contributed by atoms with van der Waals surface area (Å²) in [6.07, 6.45) is 0. The van der Waals surface area contributed by atoms with Crippen LogP contribution < -0.4 is 0 Å². The Morgan fingerprint density at radius 2 is 1.92 bits per heavy atom. The molecule has 0 unspecified atom stereocenters. The molecule has 12 heavy (non-hydrogen) atoms. The molecule has 0 aromatic carbocycles. The first-order valence-electron chi connectivity index (χ1n) is 2.32. The van der Waals surface area contributed by atoms with E-state index in [0.717, 1.165) is 0 Å². The van der Waals surface area contributed by atoms with Crippen molar-refractivity contribution in [1.82, 2.24) is 0 Å². The van der Waals surface area contributed by atoms with E-state index in [-0.39, 0.29) is 0 Å². The number of nitrogens with zero attached hydrogens (tertiary/aromatic N) is 2. The van der Waals surface area contributed by atoms with Crippen LogP contribution in [0.25, 0.3) is 0 Å². The molecule has 0 heterocycles. The molecule has 0 bridgehead atoms. The van der Waals surface area contributed by atoms with Crippen molar-refractivity contribution >= 4 is 0 Å². The Balaban J connectivity index is 5.09. The van der Waals surface area contributed by atoms with Crippen LogP contribution in [0.5, 0.6) is 0 Å². The molecule has 0 spiro atoms. The van der Waals surface area contributed by atoms with Crippen LogP contribution in [0.1, 0.15) is 0 Å². The van der Waals surface area contributed by atoms with Gasteiger partial charge in [0.2, 0.25) is 5.83 Å². The van der Waals surface area contributed by atoms with Gasteiger partial charge in [0.25, 0.3) is 5.83 Å². The standard InChI is InChI=1S/C4F4N2O2/c5-2(1-9)3(6)4(7,8)10(11)12/b3-2+. The lowest BCUT2D eigenvalue weighted by atomic mass is 10.4. The Bertz CT molecular complexity index is 279. The summed E-state index contributed by atoms with van der Waals surface area (Å²) in [4.78, 5) is 7.05. The first kappa shape index (κ1) is 10.3. The summed E-state index contributed by atoms with van der Waals surface area (Å²) < 4.78 is 47.4. The summed E-state index contributed by atoms with van der Waals surface area (Å²) in [7, 11) is 0. The molecular formula is C4F4N2O2. The van der Waals surface area contributed by atoms with Crippen molar-refractivity contribution in [2.45, 2.75) is 6.05 Å². The van der Waals surface area contributed by atoms with Gasteiger partial charge in [-0.05, 0) is 0 Å². The highest BCUT2D eigenvalue weighted by atomic mass is 19.3. The predicted octanol–water partition coefficient (Wildman–Crippen LogP) is 1.53. The van der Waals surface area contributed by atoms with Crippen molar-refractivity contribution in [1.29, 1.82) is 5.26 Å². The second-order valence-electron chi connectivity index (χ2n) is 1.54. The van der Waals surface area contributed by atoms with Gasteiger partial charge >= 0.3 is 6.05 Å².